The molecule has 0 bridgehead atoms. The molecule has 0 unspecified atom stereocenters. The molecule has 12 heavy (non-hydrogen) atoms. The minimum absolute atomic E-state index is 0.0955. The van der Waals surface area contributed by atoms with Crippen molar-refractivity contribution in [2.24, 2.45) is 5.92 Å². The van der Waals surface area contributed by atoms with Gasteiger partial charge in [-0.15, -0.1) is 0 Å². The Balaban J connectivity index is 2.25. The summed E-state index contributed by atoms with van der Waals surface area (Å²) in [5.74, 6) is 0.844. The van der Waals surface area contributed by atoms with Crippen LogP contribution in [-0.2, 0) is 9.53 Å². The summed E-state index contributed by atoms with van der Waals surface area (Å²) >= 11 is 0. The molecular weight excluding hydrogens is 154 g/mol. The Morgan fingerprint density at radius 1 is 1.58 bits per heavy atom. The number of nitrogens with one attached hydrogen (secondary N) is 1. The van der Waals surface area contributed by atoms with Gasteiger partial charge in [-0.2, -0.15) is 0 Å². The third kappa shape index (κ3) is 2.57. The third-order valence-corrected chi connectivity index (χ3v) is 2.41. The molecular formula is C9H17NO2. The van der Waals surface area contributed by atoms with E-state index in [2.05, 4.69) is 5.32 Å². The second-order valence-electron chi connectivity index (χ2n) is 3.47. The highest BCUT2D eigenvalue weighted by Gasteiger charge is 2.22. The number of ketones is 1. The maximum Gasteiger partial charge on any atom is 0.146 e. The van der Waals surface area contributed by atoms with Crippen LogP contribution in [0.15, 0.2) is 0 Å². The smallest absolute Gasteiger partial charge is 0.146 e. The van der Waals surface area contributed by atoms with Crippen LogP contribution < -0.4 is 5.32 Å². The fourth-order valence-corrected chi connectivity index (χ4v) is 1.64. The van der Waals surface area contributed by atoms with Gasteiger partial charge in [0.2, 0.25) is 0 Å². The van der Waals surface area contributed by atoms with Gasteiger partial charge in [0, 0.05) is 13.7 Å². The first kappa shape index (κ1) is 9.68. The van der Waals surface area contributed by atoms with E-state index < -0.39 is 0 Å². The zero-order valence-corrected chi connectivity index (χ0v) is 7.80. The van der Waals surface area contributed by atoms with E-state index in [-0.39, 0.29) is 11.8 Å². The molecule has 0 saturated carbocycles. The number of rotatable bonds is 3. The first-order valence-corrected chi connectivity index (χ1v) is 4.46. The van der Waals surface area contributed by atoms with Crippen molar-refractivity contribution in [1.82, 2.24) is 5.32 Å². The van der Waals surface area contributed by atoms with Crippen molar-refractivity contribution in [2.75, 3.05) is 20.3 Å². The summed E-state index contributed by atoms with van der Waals surface area (Å²) in [5.41, 5.74) is 0. The van der Waals surface area contributed by atoms with Gasteiger partial charge in [0.25, 0.3) is 0 Å². The van der Waals surface area contributed by atoms with Gasteiger partial charge in [-0.05, 0) is 25.7 Å². The number of carbonyl (C=O) groups is 1. The minimum Gasteiger partial charge on any atom is -0.384 e. The second kappa shape index (κ2) is 4.58. The predicted octanol–water partition coefficient (Wildman–Crippen LogP) is 0.590. The summed E-state index contributed by atoms with van der Waals surface area (Å²) in [6, 6.07) is 0.0955. The summed E-state index contributed by atoms with van der Waals surface area (Å²) in [5, 5.41) is 3.22. The fourth-order valence-electron chi connectivity index (χ4n) is 1.64. The molecule has 1 heterocycles. The number of ether oxygens (including phenoxy) is 1. The fraction of sp³-hybridized carbons (Fsp3) is 0.889. The van der Waals surface area contributed by atoms with Crippen LogP contribution in [0.3, 0.4) is 0 Å². The highest BCUT2D eigenvalue weighted by molar-refractivity contribution is 5.81. The summed E-state index contributed by atoms with van der Waals surface area (Å²) in [6.45, 7) is 3.37. The average molecular weight is 171 g/mol. The van der Waals surface area contributed by atoms with E-state index in [4.69, 9.17) is 4.74 Å². The maximum atomic E-state index is 11.0. The topological polar surface area (TPSA) is 38.3 Å². The molecule has 1 N–H and O–H groups in total. The van der Waals surface area contributed by atoms with E-state index in [9.17, 15) is 4.79 Å². The SMILES string of the molecule is COC[C@@H]1CC[C@@H](C(C)=O)NC1. The van der Waals surface area contributed by atoms with Crippen molar-refractivity contribution in [3.63, 3.8) is 0 Å². The quantitative estimate of drug-likeness (QED) is 0.675. The average Bonchev–Trinajstić information content (AvgIpc) is 2.06. The Bertz CT molecular complexity index is 151. The van der Waals surface area contributed by atoms with E-state index in [0.29, 0.717) is 5.92 Å². The Labute approximate surface area is 73.5 Å². The highest BCUT2D eigenvalue weighted by atomic mass is 16.5. The molecule has 0 aliphatic carbocycles. The molecule has 3 nitrogen and oxygen atoms in total. The van der Waals surface area contributed by atoms with Crippen LogP contribution >= 0.6 is 0 Å². The van der Waals surface area contributed by atoms with Crippen molar-refractivity contribution in [3.8, 4) is 0 Å². The second-order valence-corrected chi connectivity index (χ2v) is 3.47. The van der Waals surface area contributed by atoms with Gasteiger partial charge in [-0.1, -0.05) is 0 Å². The number of piperidine rings is 1. The molecule has 1 saturated heterocycles. The Kier molecular flexibility index (Phi) is 3.69. The molecule has 1 aliphatic heterocycles. The Morgan fingerprint density at radius 2 is 2.33 bits per heavy atom. The van der Waals surface area contributed by atoms with Gasteiger partial charge in [-0.25, -0.2) is 0 Å². The lowest BCUT2D eigenvalue weighted by molar-refractivity contribution is -0.119. The van der Waals surface area contributed by atoms with Gasteiger partial charge < -0.3 is 10.1 Å². The number of methoxy groups -OCH3 is 1. The maximum absolute atomic E-state index is 11.0. The number of carbonyl (C=O) groups excluding carboxylic acids is 1. The third-order valence-electron chi connectivity index (χ3n) is 2.41. The van der Waals surface area contributed by atoms with E-state index in [1.165, 1.54) is 0 Å². The van der Waals surface area contributed by atoms with Crippen molar-refractivity contribution < 1.29 is 9.53 Å². The molecule has 0 amide bonds. The Morgan fingerprint density at radius 3 is 2.75 bits per heavy atom. The molecule has 0 aromatic rings. The standard InChI is InChI=1S/C9H17NO2/c1-7(11)9-4-3-8(5-10-9)6-12-2/h8-10H,3-6H2,1-2H3/t8-,9+/m1/s1. The number of hydrogen-bond acceptors (Lipinski definition) is 3. The van der Waals surface area contributed by atoms with Crippen LogP contribution in [0.1, 0.15) is 19.8 Å². The van der Waals surface area contributed by atoms with Crippen LogP contribution in [0, 0.1) is 5.92 Å². The molecule has 1 fully saturated rings. The minimum atomic E-state index is 0.0955. The highest BCUT2D eigenvalue weighted by Crippen LogP contribution is 2.14. The van der Waals surface area contributed by atoms with Crippen LogP contribution in [-0.4, -0.2) is 32.1 Å². The lowest BCUT2D eigenvalue weighted by atomic mass is 9.94. The monoisotopic (exact) mass is 171 g/mol. The first-order valence-electron chi connectivity index (χ1n) is 4.46. The van der Waals surface area contributed by atoms with Crippen LogP contribution in [0.5, 0.6) is 0 Å². The summed E-state index contributed by atoms with van der Waals surface area (Å²) in [4.78, 5) is 11.0. The molecule has 70 valence electrons. The zero-order valence-electron chi connectivity index (χ0n) is 7.80. The van der Waals surface area contributed by atoms with Crippen LogP contribution in [0.4, 0.5) is 0 Å². The zero-order chi connectivity index (χ0) is 8.97. The van der Waals surface area contributed by atoms with Gasteiger partial charge in [-0.3, -0.25) is 4.79 Å². The predicted molar refractivity (Wildman–Crippen MR) is 47.1 cm³/mol. The molecule has 2 atom stereocenters. The largest absolute Gasteiger partial charge is 0.384 e. The number of hydrogen-bond donors (Lipinski definition) is 1. The molecule has 0 aromatic heterocycles. The van der Waals surface area contributed by atoms with Gasteiger partial charge in [0.05, 0.1) is 12.6 Å². The van der Waals surface area contributed by atoms with Gasteiger partial charge >= 0.3 is 0 Å². The van der Waals surface area contributed by atoms with E-state index in [1.54, 1.807) is 14.0 Å². The van der Waals surface area contributed by atoms with Crippen molar-refractivity contribution in [1.29, 1.82) is 0 Å². The molecule has 0 spiro atoms. The normalized spacial score (nSPS) is 30.2. The molecule has 1 aliphatic rings. The van der Waals surface area contributed by atoms with E-state index >= 15 is 0 Å². The number of Topliss-reactive ketones (excluding diaryl/α,β-unsaturated/α-hetero) is 1. The molecule has 0 radical (unpaired) electrons. The van der Waals surface area contributed by atoms with Gasteiger partial charge in [0.1, 0.15) is 5.78 Å². The van der Waals surface area contributed by atoms with Crippen molar-refractivity contribution in [3.05, 3.63) is 0 Å². The van der Waals surface area contributed by atoms with E-state index in [0.717, 1.165) is 26.0 Å². The summed E-state index contributed by atoms with van der Waals surface area (Å²) in [6.07, 6.45) is 2.06. The Hall–Kier alpha value is -0.410. The lowest BCUT2D eigenvalue weighted by Gasteiger charge is -2.27. The van der Waals surface area contributed by atoms with E-state index in [1.807, 2.05) is 0 Å². The molecule has 1 rings (SSSR count). The first-order chi connectivity index (χ1) is 5.74. The molecule has 0 aromatic carbocycles. The lowest BCUT2D eigenvalue weighted by Crippen LogP contribution is -2.44. The van der Waals surface area contributed by atoms with Crippen molar-refractivity contribution in [2.45, 2.75) is 25.8 Å². The van der Waals surface area contributed by atoms with Crippen molar-refractivity contribution >= 4 is 5.78 Å². The summed E-state index contributed by atoms with van der Waals surface area (Å²) < 4.78 is 5.05. The van der Waals surface area contributed by atoms with Crippen LogP contribution in [0.2, 0.25) is 0 Å². The summed E-state index contributed by atoms with van der Waals surface area (Å²) in [7, 11) is 1.72. The van der Waals surface area contributed by atoms with Crippen LogP contribution in [0.25, 0.3) is 0 Å². The van der Waals surface area contributed by atoms with Gasteiger partial charge in [0.15, 0.2) is 0 Å². The molecule has 3 heteroatoms.